The molecule has 0 atom stereocenters. The fourth-order valence-corrected chi connectivity index (χ4v) is 2.01. The van der Waals surface area contributed by atoms with Crippen molar-refractivity contribution in [3.8, 4) is 0 Å². The van der Waals surface area contributed by atoms with Crippen molar-refractivity contribution in [3.63, 3.8) is 0 Å². The van der Waals surface area contributed by atoms with Gasteiger partial charge in [0.15, 0.2) is 0 Å². The molecule has 2 N–H and O–H groups in total. The zero-order chi connectivity index (χ0) is 17.4. The van der Waals surface area contributed by atoms with E-state index in [-0.39, 0.29) is 11.3 Å². The van der Waals surface area contributed by atoms with Crippen LogP contribution in [0.4, 0.5) is 11.6 Å². The molecule has 1 heterocycles. The number of methoxy groups -OCH3 is 1. The molecule has 0 spiro atoms. The summed E-state index contributed by atoms with van der Waals surface area (Å²) in [5, 5.41) is 5.75. The number of esters is 1. The van der Waals surface area contributed by atoms with Crippen LogP contribution < -0.4 is 10.6 Å². The van der Waals surface area contributed by atoms with E-state index in [0.717, 1.165) is 19.4 Å². The number of nitrogens with one attached hydrogen (secondary N) is 2. The van der Waals surface area contributed by atoms with Crippen molar-refractivity contribution in [3.05, 3.63) is 47.8 Å². The van der Waals surface area contributed by atoms with Gasteiger partial charge in [-0.1, -0.05) is 25.5 Å². The Balaban J connectivity index is 2.13. The molecule has 0 aliphatic heterocycles. The summed E-state index contributed by atoms with van der Waals surface area (Å²) in [7, 11) is 1.29. The highest BCUT2D eigenvalue weighted by atomic mass is 16.5. The Kier molecular flexibility index (Phi) is 6.24. The lowest BCUT2D eigenvalue weighted by Gasteiger charge is -2.10. The number of carbonyl (C=O) groups is 2. The fourth-order valence-electron chi connectivity index (χ4n) is 2.01. The van der Waals surface area contributed by atoms with Gasteiger partial charge in [-0.15, -0.1) is 0 Å². The highest BCUT2D eigenvalue weighted by Crippen LogP contribution is 2.17. The summed E-state index contributed by atoms with van der Waals surface area (Å²) >= 11 is 0. The van der Waals surface area contributed by atoms with Gasteiger partial charge >= 0.3 is 5.97 Å². The number of aromatic nitrogens is 2. The minimum Gasteiger partial charge on any atom is -0.465 e. The minimum atomic E-state index is -0.518. The normalized spacial score (nSPS) is 10.1. The number of anilines is 2. The quantitative estimate of drug-likeness (QED) is 0.599. The Morgan fingerprint density at radius 3 is 2.75 bits per heavy atom. The van der Waals surface area contributed by atoms with Crippen molar-refractivity contribution in [2.24, 2.45) is 0 Å². The molecule has 0 radical (unpaired) electrons. The molecule has 2 rings (SSSR count). The summed E-state index contributed by atoms with van der Waals surface area (Å²) in [6.45, 7) is 2.83. The first-order chi connectivity index (χ1) is 11.7. The number of unbranched alkanes of at least 4 members (excludes halogenated alkanes) is 1. The van der Waals surface area contributed by atoms with Crippen LogP contribution in [0.1, 0.15) is 40.6 Å². The molecule has 2 aromatic rings. The van der Waals surface area contributed by atoms with E-state index in [1.54, 1.807) is 24.3 Å². The van der Waals surface area contributed by atoms with Crippen molar-refractivity contribution in [1.82, 2.24) is 9.97 Å². The maximum atomic E-state index is 12.4. The third kappa shape index (κ3) is 4.52. The Hall–Kier alpha value is -2.96. The second kappa shape index (κ2) is 8.61. The topological polar surface area (TPSA) is 93.2 Å². The summed E-state index contributed by atoms with van der Waals surface area (Å²) in [4.78, 5) is 32.4. The zero-order valence-electron chi connectivity index (χ0n) is 13.7. The predicted octanol–water partition coefficient (Wildman–Crippen LogP) is 2.73. The van der Waals surface area contributed by atoms with Crippen LogP contribution in [-0.4, -0.2) is 35.5 Å². The van der Waals surface area contributed by atoms with Crippen LogP contribution in [0.5, 0.6) is 0 Å². The summed E-state index contributed by atoms with van der Waals surface area (Å²) < 4.78 is 4.71. The molecule has 1 aromatic heterocycles. The van der Waals surface area contributed by atoms with E-state index in [9.17, 15) is 9.59 Å². The third-order valence-electron chi connectivity index (χ3n) is 3.28. The molecule has 24 heavy (non-hydrogen) atoms. The maximum absolute atomic E-state index is 12.4. The van der Waals surface area contributed by atoms with E-state index in [1.807, 2.05) is 0 Å². The first kappa shape index (κ1) is 17.4. The first-order valence-electron chi connectivity index (χ1n) is 7.71. The van der Waals surface area contributed by atoms with Crippen LogP contribution in [0.3, 0.4) is 0 Å². The monoisotopic (exact) mass is 328 g/mol. The molecule has 1 aromatic carbocycles. The van der Waals surface area contributed by atoms with Crippen LogP contribution >= 0.6 is 0 Å². The highest BCUT2D eigenvalue weighted by Gasteiger charge is 2.15. The SMILES string of the molecule is CCCCNc1nccc(C(=O)Nc2ccccc2C(=O)OC)n1. The summed E-state index contributed by atoms with van der Waals surface area (Å²) in [6.07, 6.45) is 3.56. The van der Waals surface area contributed by atoms with E-state index in [4.69, 9.17) is 4.74 Å². The van der Waals surface area contributed by atoms with Gasteiger partial charge in [-0.3, -0.25) is 4.79 Å². The minimum absolute atomic E-state index is 0.212. The maximum Gasteiger partial charge on any atom is 0.339 e. The van der Waals surface area contributed by atoms with E-state index < -0.39 is 11.9 Å². The largest absolute Gasteiger partial charge is 0.465 e. The van der Waals surface area contributed by atoms with Crippen LogP contribution in [0.2, 0.25) is 0 Å². The van der Waals surface area contributed by atoms with Gasteiger partial charge in [-0.25, -0.2) is 14.8 Å². The van der Waals surface area contributed by atoms with Crippen LogP contribution in [0.15, 0.2) is 36.5 Å². The lowest BCUT2D eigenvalue weighted by Crippen LogP contribution is -2.17. The van der Waals surface area contributed by atoms with E-state index in [2.05, 4.69) is 27.5 Å². The molecular weight excluding hydrogens is 308 g/mol. The number of carbonyl (C=O) groups excluding carboxylic acids is 2. The number of rotatable bonds is 7. The van der Waals surface area contributed by atoms with E-state index in [1.165, 1.54) is 19.4 Å². The summed E-state index contributed by atoms with van der Waals surface area (Å²) in [6, 6.07) is 8.15. The lowest BCUT2D eigenvalue weighted by atomic mass is 10.1. The molecular formula is C17H20N4O3. The smallest absolute Gasteiger partial charge is 0.339 e. The van der Waals surface area contributed by atoms with Crippen LogP contribution in [0.25, 0.3) is 0 Å². The Bertz CT molecular complexity index is 718. The Labute approximate surface area is 140 Å². The van der Waals surface area contributed by atoms with Gasteiger partial charge in [-0.05, 0) is 24.6 Å². The van der Waals surface area contributed by atoms with Gasteiger partial charge in [0, 0.05) is 12.7 Å². The van der Waals surface area contributed by atoms with Crippen LogP contribution in [-0.2, 0) is 4.74 Å². The molecule has 126 valence electrons. The van der Waals surface area contributed by atoms with Crippen molar-refractivity contribution >= 4 is 23.5 Å². The molecule has 0 bridgehead atoms. The molecule has 0 aliphatic rings. The molecule has 0 saturated heterocycles. The zero-order valence-corrected chi connectivity index (χ0v) is 13.7. The molecule has 0 unspecified atom stereocenters. The van der Waals surface area contributed by atoms with Gasteiger partial charge in [0.2, 0.25) is 5.95 Å². The second-order valence-corrected chi connectivity index (χ2v) is 5.04. The average molecular weight is 328 g/mol. The van der Waals surface area contributed by atoms with Crippen LogP contribution in [0, 0.1) is 0 Å². The number of ether oxygens (including phenoxy) is 1. The summed E-state index contributed by atoms with van der Waals surface area (Å²) in [5.41, 5.74) is 0.862. The van der Waals surface area contributed by atoms with Crippen molar-refractivity contribution in [2.45, 2.75) is 19.8 Å². The molecule has 0 aliphatic carbocycles. The van der Waals surface area contributed by atoms with Crippen molar-refractivity contribution in [1.29, 1.82) is 0 Å². The van der Waals surface area contributed by atoms with E-state index in [0.29, 0.717) is 11.6 Å². The van der Waals surface area contributed by atoms with Gasteiger partial charge in [0.1, 0.15) is 5.69 Å². The number of hydrogen-bond donors (Lipinski definition) is 2. The first-order valence-corrected chi connectivity index (χ1v) is 7.71. The predicted molar refractivity (Wildman–Crippen MR) is 91.2 cm³/mol. The Morgan fingerprint density at radius 2 is 2.00 bits per heavy atom. The Morgan fingerprint density at radius 1 is 1.21 bits per heavy atom. The molecule has 1 amide bonds. The number of nitrogens with zero attached hydrogens (tertiary/aromatic N) is 2. The number of hydrogen-bond acceptors (Lipinski definition) is 6. The number of amides is 1. The number of benzene rings is 1. The van der Waals surface area contributed by atoms with Gasteiger partial charge in [-0.2, -0.15) is 0 Å². The number of para-hydroxylation sites is 1. The van der Waals surface area contributed by atoms with Gasteiger partial charge < -0.3 is 15.4 Å². The van der Waals surface area contributed by atoms with Gasteiger partial charge in [0.05, 0.1) is 18.4 Å². The highest BCUT2D eigenvalue weighted by molar-refractivity contribution is 6.07. The van der Waals surface area contributed by atoms with Crippen molar-refractivity contribution in [2.75, 3.05) is 24.3 Å². The molecule has 7 nitrogen and oxygen atoms in total. The standard InChI is InChI=1S/C17H20N4O3/c1-3-4-10-18-17-19-11-9-14(21-17)15(22)20-13-8-6-5-7-12(13)16(23)24-2/h5-9,11H,3-4,10H2,1-2H3,(H,20,22)(H,18,19,21). The van der Waals surface area contributed by atoms with E-state index >= 15 is 0 Å². The fraction of sp³-hybridized carbons (Fsp3) is 0.294. The second-order valence-electron chi connectivity index (χ2n) is 5.04. The molecule has 0 saturated carbocycles. The average Bonchev–Trinajstić information content (AvgIpc) is 2.62. The van der Waals surface area contributed by atoms with Gasteiger partial charge in [0.25, 0.3) is 5.91 Å². The third-order valence-corrected chi connectivity index (χ3v) is 3.28. The van der Waals surface area contributed by atoms with Crippen molar-refractivity contribution < 1.29 is 14.3 Å². The molecule has 0 fully saturated rings. The lowest BCUT2D eigenvalue weighted by molar-refractivity contribution is 0.0602. The summed E-state index contributed by atoms with van der Waals surface area (Å²) in [5.74, 6) is -0.542. The molecule has 7 heteroatoms.